The molecule has 3 aromatic carbocycles. The summed E-state index contributed by atoms with van der Waals surface area (Å²) in [6.45, 7) is 0.518. The minimum absolute atomic E-state index is 0.0714. The van der Waals surface area contributed by atoms with Crippen LogP contribution in [0.25, 0.3) is 11.3 Å². The maximum Gasteiger partial charge on any atom is 0.280 e. The van der Waals surface area contributed by atoms with E-state index in [1.165, 1.54) is 38.6 Å². The SMILES string of the molecule is COc1ccc(S(=O)(=O)N/N=C/c2cn(Cc3ccccc3)nc2-c2ccc(OC)c(OC)c2)c(OC)c1. The van der Waals surface area contributed by atoms with E-state index in [1.54, 1.807) is 37.2 Å². The number of rotatable bonds is 11. The number of ether oxygens (including phenoxy) is 4. The first-order valence-electron chi connectivity index (χ1n) is 11.5. The Kier molecular flexibility index (Phi) is 8.17. The van der Waals surface area contributed by atoms with E-state index in [-0.39, 0.29) is 10.6 Å². The zero-order valence-electron chi connectivity index (χ0n) is 21.4. The molecule has 10 nitrogen and oxygen atoms in total. The van der Waals surface area contributed by atoms with E-state index in [9.17, 15) is 8.42 Å². The van der Waals surface area contributed by atoms with Crippen LogP contribution in [0.3, 0.4) is 0 Å². The van der Waals surface area contributed by atoms with Gasteiger partial charge in [-0.25, -0.2) is 0 Å². The highest BCUT2D eigenvalue weighted by molar-refractivity contribution is 7.89. The van der Waals surface area contributed by atoms with Gasteiger partial charge in [0.2, 0.25) is 0 Å². The summed E-state index contributed by atoms with van der Waals surface area (Å²) in [5.74, 6) is 1.72. The summed E-state index contributed by atoms with van der Waals surface area (Å²) >= 11 is 0. The fourth-order valence-electron chi connectivity index (χ4n) is 3.80. The third-order valence-corrected chi connectivity index (χ3v) is 6.93. The van der Waals surface area contributed by atoms with E-state index in [0.29, 0.717) is 35.1 Å². The molecule has 4 rings (SSSR count). The van der Waals surface area contributed by atoms with Crippen molar-refractivity contribution in [1.29, 1.82) is 0 Å². The average Bonchev–Trinajstić information content (AvgIpc) is 3.34. The number of nitrogens with one attached hydrogen (secondary N) is 1. The molecule has 198 valence electrons. The molecule has 38 heavy (non-hydrogen) atoms. The smallest absolute Gasteiger partial charge is 0.280 e. The molecule has 0 aliphatic carbocycles. The van der Waals surface area contributed by atoms with Gasteiger partial charge in [0, 0.05) is 23.4 Å². The minimum atomic E-state index is -4.03. The first kappa shape index (κ1) is 26.6. The van der Waals surface area contributed by atoms with Crippen molar-refractivity contribution < 1.29 is 27.4 Å². The van der Waals surface area contributed by atoms with Crippen LogP contribution in [0.15, 0.2) is 82.9 Å². The zero-order chi connectivity index (χ0) is 27.1. The van der Waals surface area contributed by atoms with E-state index in [2.05, 4.69) is 9.93 Å². The molecule has 0 aliphatic heterocycles. The van der Waals surface area contributed by atoms with Crippen LogP contribution in [-0.2, 0) is 16.6 Å². The van der Waals surface area contributed by atoms with E-state index < -0.39 is 10.0 Å². The molecular formula is C27H28N4O6S. The molecule has 4 aromatic rings. The molecule has 0 aliphatic rings. The average molecular weight is 537 g/mol. The minimum Gasteiger partial charge on any atom is -0.497 e. The van der Waals surface area contributed by atoms with Crippen molar-refractivity contribution in [2.45, 2.75) is 11.4 Å². The third-order valence-electron chi connectivity index (χ3n) is 5.67. The van der Waals surface area contributed by atoms with Gasteiger partial charge in [-0.2, -0.15) is 23.4 Å². The number of methoxy groups -OCH3 is 4. The highest BCUT2D eigenvalue weighted by Crippen LogP contribution is 2.33. The maximum atomic E-state index is 13.0. The van der Waals surface area contributed by atoms with E-state index in [0.717, 1.165) is 11.1 Å². The second-order valence-corrected chi connectivity index (χ2v) is 9.68. The molecule has 0 spiro atoms. The van der Waals surface area contributed by atoms with Crippen LogP contribution in [0.2, 0.25) is 0 Å². The largest absolute Gasteiger partial charge is 0.497 e. The Morgan fingerprint density at radius 3 is 2.29 bits per heavy atom. The predicted octanol–water partition coefficient (Wildman–Crippen LogP) is 3.95. The van der Waals surface area contributed by atoms with Gasteiger partial charge < -0.3 is 18.9 Å². The fraction of sp³-hybridized carbons (Fsp3) is 0.185. The Balaban J connectivity index is 1.68. The van der Waals surface area contributed by atoms with E-state index >= 15 is 0 Å². The van der Waals surface area contributed by atoms with Gasteiger partial charge in [-0.05, 0) is 35.9 Å². The molecule has 1 N–H and O–H groups in total. The van der Waals surface area contributed by atoms with Gasteiger partial charge in [0.15, 0.2) is 11.5 Å². The van der Waals surface area contributed by atoms with Crippen LogP contribution in [0.4, 0.5) is 0 Å². The lowest BCUT2D eigenvalue weighted by atomic mass is 10.1. The molecule has 0 fully saturated rings. The van der Waals surface area contributed by atoms with Crippen molar-refractivity contribution in [3.63, 3.8) is 0 Å². The van der Waals surface area contributed by atoms with Crippen molar-refractivity contribution in [1.82, 2.24) is 14.6 Å². The molecule has 0 unspecified atom stereocenters. The second-order valence-electron chi connectivity index (χ2n) is 8.06. The van der Waals surface area contributed by atoms with Crippen LogP contribution in [0.5, 0.6) is 23.0 Å². The molecular weight excluding hydrogens is 508 g/mol. The third kappa shape index (κ3) is 5.89. The Morgan fingerprint density at radius 2 is 1.61 bits per heavy atom. The van der Waals surface area contributed by atoms with Gasteiger partial charge in [-0.1, -0.05) is 30.3 Å². The first-order valence-corrected chi connectivity index (χ1v) is 13.0. The van der Waals surface area contributed by atoms with Gasteiger partial charge >= 0.3 is 0 Å². The monoisotopic (exact) mass is 536 g/mol. The number of aromatic nitrogens is 2. The molecule has 1 heterocycles. The lowest BCUT2D eigenvalue weighted by Crippen LogP contribution is -2.19. The Bertz CT molecular complexity index is 1530. The van der Waals surface area contributed by atoms with Crippen molar-refractivity contribution in [2.75, 3.05) is 28.4 Å². The summed E-state index contributed by atoms with van der Waals surface area (Å²) in [5.41, 5.74) is 2.99. The number of nitrogens with zero attached hydrogens (tertiary/aromatic N) is 3. The normalized spacial score (nSPS) is 11.4. The quantitative estimate of drug-likeness (QED) is 0.228. The number of hydrogen-bond donors (Lipinski definition) is 1. The maximum absolute atomic E-state index is 13.0. The van der Waals surface area contributed by atoms with Crippen molar-refractivity contribution in [3.8, 4) is 34.3 Å². The standard InChI is InChI=1S/C27H28N4O6S/c1-34-22-11-13-26(25(15-22)37-4)38(32,33)30-28-16-21-18-31(17-19-8-6-5-7-9-19)29-27(21)20-10-12-23(35-2)24(14-20)36-3/h5-16,18,30H,17H2,1-4H3/b28-16+. The molecule has 0 amide bonds. The molecule has 0 atom stereocenters. The van der Waals surface area contributed by atoms with Crippen LogP contribution in [0.1, 0.15) is 11.1 Å². The molecule has 0 radical (unpaired) electrons. The Hall–Kier alpha value is -4.51. The number of hydrogen-bond acceptors (Lipinski definition) is 8. The summed E-state index contributed by atoms with van der Waals surface area (Å²) in [4.78, 5) is 2.18. The Morgan fingerprint density at radius 1 is 0.868 bits per heavy atom. The highest BCUT2D eigenvalue weighted by Gasteiger charge is 2.20. The molecule has 0 saturated heterocycles. The number of hydrazone groups is 1. The summed E-state index contributed by atoms with van der Waals surface area (Å²) < 4.78 is 48.9. The molecule has 11 heteroatoms. The van der Waals surface area contributed by atoms with Crippen LogP contribution < -0.4 is 23.8 Å². The summed E-state index contributed by atoms with van der Waals surface area (Å²) in [5, 5.41) is 8.78. The summed E-state index contributed by atoms with van der Waals surface area (Å²) in [6, 6.07) is 19.7. The highest BCUT2D eigenvalue weighted by atomic mass is 32.2. The lowest BCUT2D eigenvalue weighted by molar-refractivity contribution is 0.355. The predicted molar refractivity (Wildman–Crippen MR) is 144 cm³/mol. The molecule has 1 aromatic heterocycles. The summed E-state index contributed by atoms with van der Waals surface area (Å²) in [7, 11) is 1.96. The van der Waals surface area contributed by atoms with Crippen molar-refractivity contribution >= 4 is 16.2 Å². The van der Waals surface area contributed by atoms with Crippen LogP contribution in [-0.4, -0.2) is 52.9 Å². The van der Waals surface area contributed by atoms with Gasteiger partial charge in [-0.15, -0.1) is 0 Å². The zero-order valence-corrected chi connectivity index (χ0v) is 22.2. The lowest BCUT2D eigenvalue weighted by Gasteiger charge is -2.10. The van der Waals surface area contributed by atoms with Gasteiger partial charge in [-0.3, -0.25) is 4.68 Å². The number of sulfonamides is 1. The second kappa shape index (κ2) is 11.7. The van der Waals surface area contributed by atoms with Crippen molar-refractivity contribution in [2.24, 2.45) is 5.10 Å². The van der Waals surface area contributed by atoms with E-state index in [1.807, 2.05) is 36.4 Å². The molecule has 0 bridgehead atoms. The summed E-state index contributed by atoms with van der Waals surface area (Å²) in [6.07, 6.45) is 3.21. The Labute approximate surface area is 221 Å². The molecule has 0 saturated carbocycles. The topological polar surface area (TPSA) is 113 Å². The van der Waals surface area contributed by atoms with Gasteiger partial charge in [0.25, 0.3) is 10.0 Å². The van der Waals surface area contributed by atoms with Crippen molar-refractivity contribution in [3.05, 3.63) is 84.1 Å². The first-order chi connectivity index (χ1) is 18.4. The van der Waals surface area contributed by atoms with Crippen LogP contribution in [0, 0.1) is 0 Å². The van der Waals surface area contributed by atoms with Gasteiger partial charge in [0.05, 0.1) is 41.2 Å². The fourth-order valence-corrected chi connectivity index (χ4v) is 4.75. The van der Waals surface area contributed by atoms with Gasteiger partial charge in [0.1, 0.15) is 22.1 Å². The van der Waals surface area contributed by atoms with E-state index in [4.69, 9.17) is 24.0 Å². The van der Waals surface area contributed by atoms with Crippen LogP contribution >= 0.6 is 0 Å². The number of benzene rings is 3.